The predicted octanol–water partition coefficient (Wildman–Crippen LogP) is 14.6. The van der Waals surface area contributed by atoms with Crippen LogP contribution in [0.4, 0.5) is 0 Å². The molecule has 0 aliphatic carbocycles. The number of amides is 1. The number of nitrogens with one attached hydrogen (secondary N) is 1. The Balaban J connectivity index is 3.44. The Kier molecular flexibility index (Phi) is 44.6. The molecule has 0 bridgehead atoms. The molecule has 0 heterocycles. The third kappa shape index (κ3) is 42.3. The number of aliphatic hydroxyl groups excluding tert-OH is 3. The number of rotatable bonds is 45. The van der Waals surface area contributed by atoms with E-state index in [9.17, 15) is 20.1 Å². The van der Waals surface area contributed by atoms with Crippen LogP contribution in [-0.2, 0) is 4.79 Å². The van der Waals surface area contributed by atoms with E-state index in [2.05, 4.69) is 31.3 Å². The normalized spacial score (nSPS) is 13.6. The van der Waals surface area contributed by atoms with Gasteiger partial charge in [-0.3, -0.25) is 4.79 Å². The Morgan fingerprint density at radius 2 is 0.782 bits per heavy atom. The first kappa shape index (κ1) is 53.8. The molecule has 0 radical (unpaired) electrons. The van der Waals surface area contributed by atoms with Crippen LogP contribution >= 0.6 is 0 Å². The van der Waals surface area contributed by atoms with Crippen molar-refractivity contribution in [3.63, 3.8) is 0 Å². The number of allylic oxidation sites excluding steroid dienone is 3. The van der Waals surface area contributed by atoms with Crippen LogP contribution in [0.1, 0.15) is 264 Å². The number of hydrogen-bond acceptors (Lipinski definition) is 4. The quantitative estimate of drug-likeness (QED) is 0.0366. The van der Waals surface area contributed by atoms with Gasteiger partial charge in [0, 0.05) is 0 Å². The molecule has 0 aliphatic rings. The van der Waals surface area contributed by atoms with Crippen molar-refractivity contribution in [2.24, 2.45) is 0 Å². The summed E-state index contributed by atoms with van der Waals surface area (Å²) in [6.45, 7) is 4.16. The molecule has 55 heavy (non-hydrogen) atoms. The van der Waals surface area contributed by atoms with Gasteiger partial charge in [0.25, 0.3) is 0 Å². The summed E-state index contributed by atoms with van der Waals surface area (Å²) >= 11 is 0. The first-order valence-electron chi connectivity index (χ1n) is 24.6. The second kappa shape index (κ2) is 45.5. The summed E-state index contributed by atoms with van der Waals surface area (Å²) in [5.41, 5.74) is 0. The van der Waals surface area contributed by atoms with Crippen molar-refractivity contribution in [3.05, 3.63) is 24.3 Å². The van der Waals surface area contributed by atoms with Crippen molar-refractivity contribution < 1.29 is 20.1 Å². The van der Waals surface area contributed by atoms with Crippen LogP contribution in [0.3, 0.4) is 0 Å². The third-order valence-corrected chi connectivity index (χ3v) is 11.5. The summed E-state index contributed by atoms with van der Waals surface area (Å²) in [5, 5.41) is 33.1. The molecule has 4 N–H and O–H groups in total. The topological polar surface area (TPSA) is 89.8 Å². The minimum atomic E-state index is -0.947. The largest absolute Gasteiger partial charge is 0.394 e. The van der Waals surface area contributed by atoms with Crippen molar-refractivity contribution >= 4 is 5.91 Å². The molecule has 0 rings (SSSR count). The van der Waals surface area contributed by atoms with Gasteiger partial charge in [-0.25, -0.2) is 0 Å². The monoisotopic (exact) mass is 776 g/mol. The molecule has 5 heteroatoms. The Bertz CT molecular complexity index is 814. The average molecular weight is 776 g/mol. The maximum atomic E-state index is 12.4. The van der Waals surface area contributed by atoms with Crippen LogP contribution in [0.15, 0.2) is 24.3 Å². The molecule has 0 spiro atoms. The second-order valence-corrected chi connectivity index (χ2v) is 17.1. The van der Waals surface area contributed by atoms with Crippen LogP contribution in [0.5, 0.6) is 0 Å². The molecule has 0 saturated heterocycles. The van der Waals surface area contributed by atoms with Crippen molar-refractivity contribution in [2.75, 3.05) is 6.61 Å². The number of hydrogen-bond donors (Lipinski definition) is 4. The third-order valence-electron chi connectivity index (χ3n) is 11.5. The van der Waals surface area contributed by atoms with Crippen molar-refractivity contribution in [1.82, 2.24) is 5.32 Å². The molecule has 3 atom stereocenters. The fourth-order valence-corrected chi connectivity index (χ4v) is 7.71. The lowest BCUT2D eigenvalue weighted by atomic mass is 10.0. The van der Waals surface area contributed by atoms with E-state index in [1.54, 1.807) is 6.08 Å². The van der Waals surface area contributed by atoms with Crippen LogP contribution in [0.25, 0.3) is 0 Å². The van der Waals surface area contributed by atoms with Crippen LogP contribution in [0.2, 0.25) is 0 Å². The van der Waals surface area contributed by atoms with E-state index in [0.29, 0.717) is 6.42 Å². The van der Waals surface area contributed by atoms with E-state index in [0.717, 1.165) is 32.1 Å². The highest BCUT2D eigenvalue weighted by atomic mass is 16.3. The van der Waals surface area contributed by atoms with Gasteiger partial charge in [-0.2, -0.15) is 0 Å². The Hall–Kier alpha value is -1.17. The van der Waals surface area contributed by atoms with Gasteiger partial charge in [-0.15, -0.1) is 0 Å². The van der Waals surface area contributed by atoms with E-state index >= 15 is 0 Å². The van der Waals surface area contributed by atoms with E-state index in [-0.39, 0.29) is 18.9 Å². The Morgan fingerprint density at radius 3 is 1.16 bits per heavy atom. The zero-order chi connectivity index (χ0) is 40.1. The van der Waals surface area contributed by atoms with E-state index in [1.807, 2.05) is 6.08 Å². The summed E-state index contributed by atoms with van der Waals surface area (Å²) in [5.74, 6) is -0.324. The summed E-state index contributed by atoms with van der Waals surface area (Å²) in [6, 6.07) is -0.756. The van der Waals surface area contributed by atoms with Gasteiger partial charge in [-0.05, 0) is 32.1 Å². The van der Waals surface area contributed by atoms with Crippen molar-refractivity contribution in [2.45, 2.75) is 283 Å². The van der Waals surface area contributed by atoms with Gasteiger partial charge in [0.15, 0.2) is 0 Å². The van der Waals surface area contributed by atoms with E-state index < -0.39 is 18.2 Å². The highest BCUT2D eigenvalue weighted by Crippen LogP contribution is 2.17. The molecule has 5 nitrogen and oxygen atoms in total. The molecule has 0 aromatic rings. The van der Waals surface area contributed by atoms with Gasteiger partial charge < -0.3 is 20.6 Å². The van der Waals surface area contributed by atoms with E-state index in [1.165, 1.54) is 205 Å². The van der Waals surface area contributed by atoms with Crippen LogP contribution in [0, 0.1) is 0 Å². The zero-order valence-electron chi connectivity index (χ0n) is 37.1. The summed E-state index contributed by atoms with van der Waals surface area (Å²) < 4.78 is 0. The fourth-order valence-electron chi connectivity index (χ4n) is 7.71. The van der Waals surface area contributed by atoms with Gasteiger partial charge in [0.1, 0.15) is 0 Å². The maximum Gasteiger partial charge on any atom is 0.222 e. The van der Waals surface area contributed by atoms with Crippen molar-refractivity contribution in [1.29, 1.82) is 0 Å². The standard InChI is InChI=1S/C50H97NO4/c1-3-5-7-9-11-13-14-15-16-17-18-19-20-21-22-23-24-25-26-27-28-29-30-31-32-33-34-36-37-39-41-43-47(53)45-50(55)51-48(46-52)49(54)44-42-40-38-35-12-10-8-6-4-2/h12,35,42,44,47-49,52-54H,3-11,13-34,36-41,43,45-46H2,1-2H3,(H,51,55)/b35-12+,44-42+. The Labute approximate surface area is 343 Å². The highest BCUT2D eigenvalue weighted by molar-refractivity contribution is 5.76. The lowest BCUT2D eigenvalue weighted by molar-refractivity contribution is -0.124. The average Bonchev–Trinajstić information content (AvgIpc) is 3.18. The lowest BCUT2D eigenvalue weighted by Gasteiger charge is -2.21. The van der Waals surface area contributed by atoms with Gasteiger partial charge in [0.05, 0.1) is 31.3 Å². The molecule has 326 valence electrons. The SMILES string of the molecule is CCCCC/C=C/CC/C=C/C(O)C(CO)NC(=O)CC(O)CCCCCCCCCCCCCCCCCCCCCCCCCCCCCCCCC. The number of aliphatic hydroxyl groups is 3. The minimum Gasteiger partial charge on any atom is -0.394 e. The molecule has 0 aromatic carbocycles. The first-order chi connectivity index (χ1) is 27.0. The summed E-state index contributed by atoms with van der Waals surface area (Å²) in [4.78, 5) is 12.4. The summed E-state index contributed by atoms with van der Waals surface area (Å²) in [6.07, 6.45) is 56.6. The number of unbranched alkanes of at least 4 members (excludes halogenated alkanes) is 34. The van der Waals surface area contributed by atoms with Gasteiger partial charge in [0.2, 0.25) is 5.91 Å². The fraction of sp³-hybridized carbons (Fsp3) is 0.900. The van der Waals surface area contributed by atoms with Crippen LogP contribution < -0.4 is 5.32 Å². The molecule has 0 fully saturated rings. The van der Waals surface area contributed by atoms with Crippen LogP contribution in [-0.4, -0.2) is 46.1 Å². The highest BCUT2D eigenvalue weighted by Gasteiger charge is 2.20. The molecule has 0 aromatic heterocycles. The minimum absolute atomic E-state index is 0.00927. The second-order valence-electron chi connectivity index (χ2n) is 17.1. The Morgan fingerprint density at radius 1 is 0.455 bits per heavy atom. The zero-order valence-corrected chi connectivity index (χ0v) is 37.1. The number of carbonyl (C=O) groups excluding carboxylic acids is 1. The van der Waals surface area contributed by atoms with Crippen molar-refractivity contribution in [3.8, 4) is 0 Å². The van der Waals surface area contributed by atoms with Gasteiger partial charge >= 0.3 is 0 Å². The predicted molar refractivity (Wildman–Crippen MR) is 241 cm³/mol. The first-order valence-corrected chi connectivity index (χ1v) is 24.6. The molecule has 0 aliphatic heterocycles. The lowest BCUT2D eigenvalue weighted by Crippen LogP contribution is -2.45. The molecule has 3 unspecified atom stereocenters. The molecule has 1 amide bonds. The maximum absolute atomic E-state index is 12.4. The number of carbonyl (C=O) groups is 1. The smallest absolute Gasteiger partial charge is 0.222 e. The van der Waals surface area contributed by atoms with Gasteiger partial charge in [-0.1, -0.05) is 250 Å². The molecular formula is C50H97NO4. The molecular weight excluding hydrogens is 679 g/mol. The summed E-state index contributed by atoms with van der Waals surface area (Å²) in [7, 11) is 0. The van der Waals surface area contributed by atoms with E-state index in [4.69, 9.17) is 0 Å². The molecule has 0 saturated carbocycles.